The summed E-state index contributed by atoms with van der Waals surface area (Å²) in [6.45, 7) is 2.13. The number of amides is 1. The Balaban J connectivity index is 1.23. The smallest absolute Gasteiger partial charge is 0.246 e. The van der Waals surface area contributed by atoms with E-state index in [0.29, 0.717) is 41.5 Å². The zero-order chi connectivity index (χ0) is 29.4. The van der Waals surface area contributed by atoms with E-state index in [4.69, 9.17) is 9.47 Å². The molecule has 220 valence electrons. The van der Waals surface area contributed by atoms with Gasteiger partial charge in [-0.2, -0.15) is 4.31 Å². The predicted molar refractivity (Wildman–Crippen MR) is 160 cm³/mol. The summed E-state index contributed by atoms with van der Waals surface area (Å²) < 4.78 is 38.9. The van der Waals surface area contributed by atoms with E-state index < -0.39 is 10.0 Å². The second-order valence-electron chi connectivity index (χ2n) is 9.84. The molecular weight excluding hydrogens is 556 g/mol. The average molecular weight is 591 g/mol. The minimum absolute atomic E-state index is 0.0489. The molecule has 4 aromatic rings. The average Bonchev–Trinajstić information content (AvgIpc) is 3.03. The summed E-state index contributed by atoms with van der Waals surface area (Å²) in [7, 11) is -2.38. The SMILES string of the molecule is COc1ccc(-c2cnc3ccc(NC(=O)CNCCCCc4ccccc4)nc3n2)cc1S(=O)(=O)N1CCOCC1. The number of anilines is 1. The summed E-state index contributed by atoms with van der Waals surface area (Å²) in [5.74, 6) is 0.393. The lowest BCUT2D eigenvalue weighted by atomic mass is 10.1. The molecule has 1 fully saturated rings. The number of unbranched alkanes of at least 4 members (excludes halogenated alkanes) is 1. The van der Waals surface area contributed by atoms with Crippen LogP contribution in [0.25, 0.3) is 22.4 Å². The van der Waals surface area contributed by atoms with Crippen LogP contribution in [0.15, 0.2) is 71.8 Å². The highest BCUT2D eigenvalue weighted by atomic mass is 32.2. The number of methoxy groups -OCH3 is 1. The highest BCUT2D eigenvalue weighted by Gasteiger charge is 2.29. The number of rotatable bonds is 12. The molecule has 0 unspecified atom stereocenters. The molecule has 0 atom stereocenters. The van der Waals surface area contributed by atoms with Gasteiger partial charge in [0.25, 0.3) is 0 Å². The van der Waals surface area contributed by atoms with Gasteiger partial charge in [0.05, 0.1) is 38.8 Å². The zero-order valence-corrected chi connectivity index (χ0v) is 24.3. The number of morpholine rings is 1. The van der Waals surface area contributed by atoms with E-state index in [0.717, 1.165) is 25.8 Å². The van der Waals surface area contributed by atoms with Crippen molar-refractivity contribution >= 4 is 32.9 Å². The van der Waals surface area contributed by atoms with Crippen molar-refractivity contribution in [3.8, 4) is 17.0 Å². The summed E-state index contributed by atoms with van der Waals surface area (Å²) >= 11 is 0. The summed E-state index contributed by atoms with van der Waals surface area (Å²) in [5.41, 5.74) is 3.17. The topological polar surface area (TPSA) is 136 Å². The van der Waals surface area contributed by atoms with Crippen molar-refractivity contribution in [2.45, 2.75) is 24.2 Å². The fourth-order valence-electron chi connectivity index (χ4n) is 4.68. The van der Waals surface area contributed by atoms with Gasteiger partial charge in [0.2, 0.25) is 15.9 Å². The molecule has 3 heterocycles. The second-order valence-corrected chi connectivity index (χ2v) is 11.8. The number of aromatic nitrogens is 3. The predicted octanol–water partition coefficient (Wildman–Crippen LogP) is 3.27. The van der Waals surface area contributed by atoms with E-state index in [1.165, 1.54) is 23.0 Å². The minimum Gasteiger partial charge on any atom is -0.495 e. The monoisotopic (exact) mass is 590 g/mol. The number of pyridine rings is 1. The number of benzene rings is 2. The lowest BCUT2D eigenvalue weighted by Gasteiger charge is -2.26. The van der Waals surface area contributed by atoms with Gasteiger partial charge < -0.3 is 20.1 Å². The largest absolute Gasteiger partial charge is 0.495 e. The first-order valence-corrected chi connectivity index (χ1v) is 15.3. The first kappa shape index (κ1) is 29.5. The van der Waals surface area contributed by atoms with E-state index in [-0.39, 0.29) is 36.2 Å². The summed E-state index contributed by atoms with van der Waals surface area (Å²) in [5, 5.41) is 5.97. The molecule has 1 aliphatic heterocycles. The van der Waals surface area contributed by atoms with E-state index in [1.54, 1.807) is 30.5 Å². The van der Waals surface area contributed by atoms with Crippen molar-refractivity contribution in [3.05, 3.63) is 72.4 Å². The maximum Gasteiger partial charge on any atom is 0.246 e. The number of nitrogens with zero attached hydrogens (tertiary/aromatic N) is 4. The van der Waals surface area contributed by atoms with Gasteiger partial charge in [0.15, 0.2) is 5.65 Å². The van der Waals surface area contributed by atoms with Crippen LogP contribution in [0, 0.1) is 0 Å². The Morgan fingerprint density at radius 2 is 1.83 bits per heavy atom. The van der Waals surface area contributed by atoms with Crippen LogP contribution < -0.4 is 15.4 Å². The standard InChI is InChI=1S/C30H34N6O5S/c1-40-26-12-10-23(19-27(26)42(38,39)36-15-17-41-18-16-36)25-20-32-24-11-13-28(35-30(24)33-25)34-29(37)21-31-14-6-5-9-22-7-3-2-4-8-22/h2-4,7-8,10-13,19-20,31H,5-6,9,14-18,21H2,1H3,(H,33,34,35,37). The van der Waals surface area contributed by atoms with E-state index in [2.05, 4.69) is 37.7 Å². The Hall–Kier alpha value is -3.97. The Morgan fingerprint density at radius 3 is 2.62 bits per heavy atom. The van der Waals surface area contributed by atoms with Crippen molar-refractivity contribution in [1.29, 1.82) is 0 Å². The van der Waals surface area contributed by atoms with Gasteiger partial charge >= 0.3 is 0 Å². The van der Waals surface area contributed by atoms with Crippen LogP contribution in [0.3, 0.4) is 0 Å². The number of nitrogens with one attached hydrogen (secondary N) is 2. The molecule has 0 spiro atoms. The molecular formula is C30H34N6O5S. The first-order chi connectivity index (χ1) is 20.4. The van der Waals surface area contributed by atoms with E-state index >= 15 is 0 Å². The lowest BCUT2D eigenvalue weighted by molar-refractivity contribution is -0.115. The van der Waals surface area contributed by atoms with Gasteiger partial charge in [-0.15, -0.1) is 0 Å². The van der Waals surface area contributed by atoms with Gasteiger partial charge in [-0.05, 0) is 61.7 Å². The van der Waals surface area contributed by atoms with Crippen LogP contribution in [-0.4, -0.2) is 80.1 Å². The third-order valence-electron chi connectivity index (χ3n) is 6.92. The molecule has 1 saturated heterocycles. The van der Waals surface area contributed by atoms with Gasteiger partial charge in [-0.25, -0.2) is 18.4 Å². The number of fused-ring (bicyclic) bond motifs is 1. The number of hydrogen-bond acceptors (Lipinski definition) is 9. The van der Waals surface area contributed by atoms with Crippen LogP contribution in [-0.2, 0) is 26.0 Å². The zero-order valence-electron chi connectivity index (χ0n) is 23.5. The Bertz CT molecular complexity index is 1630. The number of carbonyl (C=O) groups is 1. The maximum atomic E-state index is 13.4. The molecule has 2 aromatic carbocycles. The number of sulfonamides is 1. The molecule has 1 amide bonds. The number of carbonyl (C=O) groups excluding carboxylic acids is 1. The fourth-order valence-corrected chi connectivity index (χ4v) is 6.27. The number of aryl methyl sites for hydroxylation is 1. The molecule has 11 nitrogen and oxygen atoms in total. The molecule has 2 N–H and O–H groups in total. The molecule has 0 bridgehead atoms. The van der Waals surface area contributed by atoms with E-state index in [9.17, 15) is 13.2 Å². The molecule has 42 heavy (non-hydrogen) atoms. The van der Waals surface area contributed by atoms with Crippen molar-refractivity contribution in [1.82, 2.24) is 24.6 Å². The fraction of sp³-hybridized carbons (Fsp3) is 0.333. The van der Waals surface area contributed by atoms with Crippen molar-refractivity contribution in [2.75, 3.05) is 51.8 Å². The Labute approximate surface area is 245 Å². The molecule has 0 saturated carbocycles. The third kappa shape index (κ3) is 7.26. The molecule has 12 heteroatoms. The van der Waals surface area contributed by atoms with Gasteiger partial charge in [-0.1, -0.05) is 30.3 Å². The van der Waals surface area contributed by atoms with Crippen LogP contribution in [0.2, 0.25) is 0 Å². The highest BCUT2D eigenvalue weighted by Crippen LogP contribution is 2.32. The van der Waals surface area contributed by atoms with Crippen molar-refractivity contribution in [2.24, 2.45) is 0 Å². The minimum atomic E-state index is -3.81. The van der Waals surface area contributed by atoms with Crippen LogP contribution in [0.5, 0.6) is 5.75 Å². The highest BCUT2D eigenvalue weighted by molar-refractivity contribution is 7.89. The summed E-state index contributed by atoms with van der Waals surface area (Å²) in [6, 6.07) is 18.6. The van der Waals surface area contributed by atoms with Crippen LogP contribution in [0.4, 0.5) is 5.82 Å². The lowest BCUT2D eigenvalue weighted by Crippen LogP contribution is -2.40. The molecule has 0 radical (unpaired) electrons. The molecule has 2 aromatic heterocycles. The van der Waals surface area contributed by atoms with Crippen LogP contribution >= 0.6 is 0 Å². The van der Waals surface area contributed by atoms with Crippen LogP contribution in [0.1, 0.15) is 18.4 Å². The molecule has 1 aliphatic rings. The summed E-state index contributed by atoms with van der Waals surface area (Å²) in [4.78, 5) is 26.1. The maximum absolute atomic E-state index is 13.4. The Kier molecular flexibility index (Phi) is 9.70. The first-order valence-electron chi connectivity index (χ1n) is 13.9. The van der Waals surface area contributed by atoms with Crippen molar-refractivity contribution in [3.63, 3.8) is 0 Å². The molecule has 0 aliphatic carbocycles. The van der Waals surface area contributed by atoms with Gasteiger partial charge in [0.1, 0.15) is 22.0 Å². The third-order valence-corrected chi connectivity index (χ3v) is 8.84. The van der Waals surface area contributed by atoms with E-state index in [1.807, 2.05) is 18.2 Å². The second kappa shape index (κ2) is 13.8. The number of hydrogen-bond donors (Lipinski definition) is 2. The number of ether oxygens (including phenoxy) is 2. The van der Waals surface area contributed by atoms with Gasteiger partial charge in [-0.3, -0.25) is 9.78 Å². The van der Waals surface area contributed by atoms with Crippen molar-refractivity contribution < 1.29 is 22.7 Å². The van der Waals surface area contributed by atoms with Gasteiger partial charge in [0, 0.05) is 18.7 Å². The Morgan fingerprint density at radius 1 is 1.02 bits per heavy atom. The quantitative estimate of drug-likeness (QED) is 0.238. The summed E-state index contributed by atoms with van der Waals surface area (Å²) in [6.07, 6.45) is 4.59. The normalized spacial score (nSPS) is 14.1. The molecule has 5 rings (SSSR count).